The third kappa shape index (κ3) is 0.975. The van der Waals surface area contributed by atoms with Gasteiger partial charge in [-0.15, -0.1) is 0 Å². The molecule has 0 spiro atoms. The SMILES string of the molecule is CO[C@@H]1c2ccccc2O[C@H]1F. The molecule has 64 valence electrons. The average Bonchev–Trinajstić information content (AvgIpc) is 2.40. The molecular weight excluding hydrogens is 159 g/mol. The summed E-state index contributed by atoms with van der Waals surface area (Å²) in [7, 11) is 1.47. The van der Waals surface area contributed by atoms with Crippen molar-refractivity contribution < 1.29 is 13.9 Å². The number of para-hydroxylation sites is 1. The van der Waals surface area contributed by atoms with Gasteiger partial charge in [-0.25, -0.2) is 0 Å². The molecule has 0 aliphatic carbocycles. The number of alkyl halides is 1. The first kappa shape index (κ1) is 7.55. The van der Waals surface area contributed by atoms with Gasteiger partial charge in [0.15, 0.2) is 6.10 Å². The highest BCUT2D eigenvalue weighted by Crippen LogP contribution is 2.38. The van der Waals surface area contributed by atoms with Gasteiger partial charge in [-0.05, 0) is 6.07 Å². The van der Waals surface area contributed by atoms with E-state index in [0.717, 1.165) is 5.56 Å². The van der Waals surface area contributed by atoms with E-state index in [0.29, 0.717) is 5.75 Å². The second-order valence-electron chi connectivity index (χ2n) is 2.66. The molecule has 12 heavy (non-hydrogen) atoms. The lowest BCUT2D eigenvalue weighted by Gasteiger charge is -2.08. The highest BCUT2D eigenvalue weighted by molar-refractivity contribution is 5.38. The van der Waals surface area contributed by atoms with Gasteiger partial charge in [0.25, 0.3) is 6.36 Å². The van der Waals surface area contributed by atoms with Crippen molar-refractivity contribution in [3.05, 3.63) is 29.8 Å². The molecule has 0 saturated carbocycles. The topological polar surface area (TPSA) is 18.5 Å². The van der Waals surface area contributed by atoms with Crippen molar-refractivity contribution in [3.63, 3.8) is 0 Å². The molecule has 1 aromatic rings. The van der Waals surface area contributed by atoms with Gasteiger partial charge >= 0.3 is 0 Å². The van der Waals surface area contributed by atoms with Crippen molar-refractivity contribution in [2.45, 2.75) is 12.5 Å². The molecular formula is C9H9FO2. The molecule has 0 unspecified atom stereocenters. The van der Waals surface area contributed by atoms with E-state index in [9.17, 15) is 4.39 Å². The summed E-state index contributed by atoms with van der Waals surface area (Å²) in [5, 5.41) is 0. The summed E-state index contributed by atoms with van der Waals surface area (Å²) in [5.41, 5.74) is 0.785. The van der Waals surface area contributed by atoms with Gasteiger partial charge in [-0.3, -0.25) is 0 Å². The summed E-state index contributed by atoms with van der Waals surface area (Å²) in [6.07, 6.45) is -1.94. The molecule has 2 nitrogen and oxygen atoms in total. The first-order valence-corrected chi connectivity index (χ1v) is 3.75. The Hall–Kier alpha value is -1.09. The third-order valence-corrected chi connectivity index (χ3v) is 1.96. The van der Waals surface area contributed by atoms with Gasteiger partial charge in [0.2, 0.25) is 0 Å². The minimum atomic E-state index is -1.37. The van der Waals surface area contributed by atoms with Crippen molar-refractivity contribution in [2.24, 2.45) is 0 Å². The van der Waals surface area contributed by atoms with Crippen LogP contribution in [-0.4, -0.2) is 13.5 Å². The number of benzene rings is 1. The molecule has 0 bridgehead atoms. The van der Waals surface area contributed by atoms with E-state index in [1.54, 1.807) is 6.07 Å². The van der Waals surface area contributed by atoms with Crippen LogP contribution in [0.25, 0.3) is 0 Å². The molecule has 1 heterocycles. The monoisotopic (exact) mass is 168 g/mol. The Morgan fingerprint density at radius 1 is 1.42 bits per heavy atom. The van der Waals surface area contributed by atoms with E-state index < -0.39 is 12.5 Å². The van der Waals surface area contributed by atoms with E-state index in [4.69, 9.17) is 9.47 Å². The fraction of sp³-hybridized carbons (Fsp3) is 0.333. The van der Waals surface area contributed by atoms with Crippen molar-refractivity contribution in [1.82, 2.24) is 0 Å². The average molecular weight is 168 g/mol. The summed E-state index contributed by atoms with van der Waals surface area (Å²) < 4.78 is 22.9. The van der Waals surface area contributed by atoms with Crippen LogP contribution >= 0.6 is 0 Å². The van der Waals surface area contributed by atoms with Crippen LogP contribution in [0.3, 0.4) is 0 Å². The summed E-state index contributed by atoms with van der Waals surface area (Å²) in [5.74, 6) is 0.580. The van der Waals surface area contributed by atoms with Crippen LogP contribution in [0, 0.1) is 0 Å². The Kier molecular flexibility index (Phi) is 1.73. The molecule has 3 heteroatoms. The number of hydrogen-bond acceptors (Lipinski definition) is 2. The minimum Gasteiger partial charge on any atom is -0.457 e. The number of halogens is 1. The third-order valence-electron chi connectivity index (χ3n) is 1.96. The molecule has 0 N–H and O–H groups in total. The highest BCUT2D eigenvalue weighted by Gasteiger charge is 2.33. The molecule has 0 radical (unpaired) electrons. The summed E-state index contributed by atoms with van der Waals surface area (Å²) >= 11 is 0. The van der Waals surface area contributed by atoms with Crippen LogP contribution in [0.5, 0.6) is 5.75 Å². The Labute approximate surface area is 69.9 Å². The van der Waals surface area contributed by atoms with Crippen molar-refractivity contribution in [2.75, 3.05) is 7.11 Å². The Balaban J connectivity index is 2.40. The van der Waals surface area contributed by atoms with Crippen molar-refractivity contribution >= 4 is 0 Å². The second-order valence-corrected chi connectivity index (χ2v) is 2.66. The van der Waals surface area contributed by atoms with Gasteiger partial charge in [0.05, 0.1) is 0 Å². The number of ether oxygens (including phenoxy) is 2. The van der Waals surface area contributed by atoms with Gasteiger partial charge < -0.3 is 9.47 Å². The maximum absolute atomic E-state index is 13.0. The van der Waals surface area contributed by atoms with Crippen LogP contribution in [0.4, 0.5) is 4.39 Å². The zero-order chi connectivity index (χ0) is 8.55. The van der Waals surface area contributed by atoms with E-state index in [2.05, 4.69) is 0 Å². The molecule has 2 atom stereocenters. The number of rotatable bonds is 1. The molecule has 1 aliphatic rings. The number of methoxy groups -OCH3 is 1. The number of hydrogen-bond donors (Lipinski definition) is 0. The fourth-order valence-electron chi connectivity index (χ4n) is 1.38. The molecule has 0 aromatic heterocycles. The van der Waals surface area contributed by atoms with Crippen LogP contribution < -0.4 is 4.74 Å². The van der Waals surface area contributed by atoms with Crippen LogP contribution in [0.2, 0.25) is 0 Å². The molecule has 0 saturated heterocycles. The first-order chi connectivity index (χ1) is 5.83. The minimum absolute atomic E-state index is 0.568. The molecule has 1 aliphatic heterocycles. The van der Waals surface area contributed by atoms with E-state index in [-0.39, 0.29) is 0 Å². The lowest BCUT2D eigenvalue weighted by Crippen LogP contribution is -2.13. The van der Waals surface area contributed by atoms with E-state index in [1.807, 2.05) is 18.2 Å². The van der Waals surface area contributed by atoms with Gasteiger partial charge in [0, 0.05) is 12.7 Å². The molecule has 0 amide bonds. The molecule has 0 fully saturated rings. The van der Waals surface area contributed by atoms with Gasteiger partial charge in [0.1, 0.15) is 5.75 Å². The van der Waals surface area contributed by atoms with Crippen molar-refractivity contribution in [1.29, 1.82) is 0 Å². The van der Waals surface area contributed by atoms with E-state index >= 15 is 0 Å². The lowest BCUT2D eigenvalue weighted by molar-refractivity contribution is -0.0444. The largest absolute Gasteiger partial charge is 0.457 e. The van der Waals surface area contributed by atoms with Crippen molar-refractivity contribution in [3.8, 4) is 5.75 Å². The highest BCUT2D eigenvalue weighted by atomic mass is 19.1. The summed E-state index contributed by atoms with van der Waals surface area (Å²) in [4.78, 5) is 0. The molecule has 2 rings (SSSR count). The number of fused-ring (bicyclic) bond motifs is 1. The standard InChI is InChI=1S/C9H9FO2/c1-11-8-6-4-2-3-5-7(6)12-9(8)10/h2-5,8-9H,1H3/t8-,9-/m1/s1. The van der Waals surface area contributed by atoms with Crippen LogP contribution in [-0.2, 0) is 4.74 Å². The van der Waals surface area contributed by atoms with Crippen LogP contribution in [0.1, 0.15) is 11.7 Å². The fourth-order valence-corrected chi connectivity index (χ4v) is 1.38. The normalized spacial score (nSPS) is 26.5. The van der Waals surface area contributed by atoms with Crippen LogP contribution in [0.15, 0.2) is 24.3 Å². The van der Waals surface area contributed by atoms with Gasteiger partial charge in [-0.1, -0.05) is 18.2 Å². The first-order valence-electron chi connectivity index (χ1n) is 3.75. The quantitative estimate of drug-likeness (QED) is 0.639. The smallest absolute Gasteiger partial charge is 0.268 e. The zero-order valence-electron chi connectivity index (χ0n) is 6.66. The summed E-state index contributed by atoms with van der Waals surface area (Å²) in [6.45, 7) is 0. The zero-order valence-corrected chi connectivity index (χ0v) is 6.66. The Morgan fingerprint density at radius 2 is 2.17 bits per heavy atom. The van der Waals surface area contributed by atoms with Gasteiger partial charge in [-0.2, -0.15) is 4.39 Å². The maximum atomic E-state index is 13.0. The Bertz CT molecular complexity index is 288. The maximum Gasteiger partial charge on any atom is 0.268 e. The molecule has 1 aromatic carbocycles. The van der Waals surface area contributed by atoms with E-state index in [1.165, 1.54) is 7.11 Å². The summed E-state index contributed by atoms with van der Waals surface area (Å²) in [6, 6.07) is 7.19. The Morgan fingerprint density at radius 3 is 2.92 bits per heavy atom. The predicted octanol–water partition coefficient (Wildman–Crippen LogP) is 2.06. The second kappa shape index (κ2) is 2.75. The lowest BCUT2D eigenvalue weighted by atomic mass is 10.1. The predicted molar refractivity (Wildman–Crippen MR) is 41.7 cm³/mol.